The van der Waals surface area contributed by atoms with Crippen LogP contribution in [0, 0.1) is 13.8 Å². The molecule has 0 bridgehead atoms. The van der Waals surface area contributed by atoms with Gasteiger partial charge in [0.15, 0.2) is 0 Å². The number of nitrogens with zero attached hydrogens (tertiary/aromatic N) is 1. The van der Waals surface area contributed by atoms with Crippen molar-refractivity contribution in [2.24, 2.45) is 0 Å². The summed E-state index contributed by atoms with van der Waals surface area (Å²) in [6.45, 7) is 9.78. The van der Waals surface area contributed by atoms with E-state index in [2.05, 4.69) is 19.2 Å². The topological polar surface area (TPSA) is 66.5 Å². The molecule has 28 heavy (non-hydrogen) atoms. The fourth-order valence-electron chi connectivity index (χ4n) is 3.17. The first-order chi connectivity index (χ1) is 13.0. The molecule has 2 aromatic carbocycles. The van der Waals surface area contributed by atoms with E-state index in [9.17, 15) is 13.2 Å². The van der Waals surface area contributed by atoms with E-state index in [1.165, 1.54) is 9.87 Å². The average molecular weight is 403 g/mol. The molecule has 5 nitrogen and oxygen atoms in total. The van der Waals surface area contributed by atoms with Crippen molar-refractivity contribution in [1.82, 2.24) is 0 Å². The Morgan fingerprint density at radius 1 is 1.07 bits per heavy atom. The minimum Gasteiger partial charge on any atom is -0.324 e. The van der Waals surface area contributed by atoms with Gasteiger partial charge in [0, 0.05) is 5.69 Å². The highest BCUT2D eigenvalue weighted by Crippen LogP contribution is 2.28. The molecule has 2 aromatic rings. The third kappa shape index (κ3) is 5.13. The van der Waals surface area contributed by atoms with Crippen molar-refractivity contribution in [1.29, 1.82) is 0 Å². The average Bonchev–Trinajstić information content (AvgIpc) is 2.61. The van der Waals surface area contributed by atoms with Crippen LogP contribution < -0.4 is 9.62 Å². The second-order valence-corrected chi connectivity index (χ2v) is 9.40. The molecule has 6 heteroatoms. The van der Waals surface area contributed by atoms with Crippen LogP contribution in [0.5, 0.6) is 0 Å². The van der Waals surface area contributed by atoms with Crippen LogP contribution in [0.3, 0.4) is 0 Å². The van der Waals surface area contributed by atoms with Crippen LogP contribution in [0.4, 0.5) is 11.4 Å². The molecule has 0 radical (unpaired) electrons. The Morgan fingerprint density at radius 2 is 1.68 bits per heavy atom. The number of benzene rings is 2. The van der Waals surface area contributed by atoms with Gasteiger partial charge in [-0.3, -0.25) is 9.10 Å². The summed E-state index contributed by atoms with van der Waals surface area (Å²) in [5.41, 5.74) is 4.12. The summed E-state index contributed by atoms with van der Waals surface area (Å²) >= 11 is 0. The molecule has 0 unspecified atom stereocenters. The number of carbonyl (C=O) groups is 1. The SMILES string of the molecule is CC[C@H](C(=O)Nc1ccc(C(C)C)cc1)N(c1cc(C)ccc1C)S(C)(=O)=O. The quantitative estimate of drug-likeness (QED) is 0.735. The Morgan fingerprint density at radius 3 is 2.18 bits per heavy atom. The number of sulfonamides is 1. The Bertz CT molecular complexity index is 935. The van der Waals surface area contributed by atoms with Gasteiger partial charge in [0.2, 0.25) is 15.9 Å². The van der Waals surface area contributed by atoms with Gasteiger partial charge in [0.1, 0.15) is 6.04 Å². The molecular weight excluding hydrogens is 372 g/mol. The fourth-order valence-corrected chi connectivity index (χ4v) is 4.43. The zero-order valence-corrected chi connectivity index (χ0v) is 18.3. The summed E-state index contributed by atoms with van der Waals surface area (Å²) in [7, 11) is -3.65. The van der Waals surface area contributed by atoms with E-state index in [0.717, 1.165) is 17.4 Å². The van der Waals surface area contributed by atoms with Crippen LogP contribution in [-0.2, 0) is 14.8 Å². The van der Waals surface area contributed by atoms with Gasteiger partial charge < -0.3 is 5.32 Å². The van der Waals surface area contributed by atoms with Gasteiger partial charge in [-0.05, 0) is 61.1 Å². The van der Waals surface area contributed by atoms with E-state index in [0.29, 0.717) is 23.7 Å². The number of rotatable bonds is 7. The van der Waals surface area contributed by atoms with Gasteiger partial charge in [0.25, 0.3) is 0 Å². The van der Waals surface area contributed by atoms with E-state index in [1.54, 1.807) is 0 Å². The van der Waals surface area contributed by atoms with E-state index < -0.39 is 16.1 Å². The van der Waals surface area contributed by atoms with Crippen LogP contribution in [0.2, 0.25) is 0 Å². The second-order valence-electron chi connectivity index (χ2n) is 7.54. The van der Waals surface area contributed by atoms with Crippen LogP contribution in [0.1, 0.15) is 49.8 Å². The van der Waals surface area contributed by atoms with Gasteiger partial charge in [-0.1, -0.05) is 45.0 Å². The van der Waals surface area contributed by atoms with Crippen LogP contribution in [0.15, 0.2) is 42.5 Å². The smallest absolute Gasteiger partial charge is 0.248 e. The van der Waals surface area contributed by atoms with Gasteiger partial charge in [-0.25, -0.2) is 8.42 Å². The van der Waals surface area contributed by atoms with Crippen molar-refractivity contribution in [2.45, 2.75) is 53.0 Å². The lowest BCUT2D eigenvalue weighted by molar-refractivity contribution is -0.117. The number of nitrogens with one attached hydrogen (secondary N) is 1. The number of carbonyl (C=O) groups excluding carboxylic acids is 1. The predicted octanol–water partition coefficient (Wildman–Crippen LogP) is 4.61. The van der Waals surface area contributed by atoms with Crippen molar-refractivity contribution in [2.75, 3.05) is 15.9 Å². The van der Waals surface area contributed by atoms with E-state index >= 15 is 0 Å². The normalized spacial score (nSPS) is 12.7. The molecule has 0 aliphatic carbocycles. The summed E-state index contributed by atoms with van der Waals surface area (Å²) < 4.78 is 26.5. The molecule has 0 aliphatic heterocycles. The van der Waals surface area contributed by atoms with Crippen molar-refractivity contribution >= 4 is 27.3 Å². The fraction of sp³-hybridized carbons (Fsp3) is 0.409. The molecule has 0 aliphatic rings. The van der Waals surface area contributed by atoms with E-state index in [4.69, 9.17) is 0 Å². The summed E-state index contributed by atoms with van der Waals surface area (Å²) in [5, 5.41) is 2.87. The molecule has 1 N–H and O–H groups in total. The zero-order chi connectivity index (χ0) is 21.1. The van der Waals surface area contributed by atoms with Gasteiger partial charge >= 0.3 is 0 Å². The molecule has 0 saturated heterocycles. The van der Waals surface area contributed by atoms with Gasteiger partial charge in [0.05, 0.1) is 11.9 Å². The Kier molecular flexibility index (Phi) is 6.88. The standard InChI is InChI=1S/C22H30N2O3S/c1-7-20(22(25)23-19-12-10-18(11-13-19)15(2)3)24(28(6,26)27)21-14-16(4)8-9-17(21)5/h8-15,20H,7H2,1-6H3,(H,23,25)/t20-/m1/s1. The number of amides is 1. The highest BCUT2D eigenvalue weighted by atomic mass is 32.2. The van der Waals surface area contributed by atoms with Crippen LogP contribution >= 0.6 is 0 Å². The molecular formula is C22H30N2O3S. The molecule has 0 aromatic heterocycles. The zero-order valence-electron chi connectivity index (χ0n) is 17.5. The molecule has 0 spiro atoms. The van der Waals surface area contributed by atoms with Crippen LogP contribution in [0.25, 0.3) is 0 Å². The van der Waals surface area contributed by atoms with Crippen molar-refractivity contribution in [3.63, 3.8) is 0 Å². The number of hydrogen-bond acceptors (Lipinski definition) is 3. The summed E-state index contributed by atoms with van der Waals surface area (Å²) in [6, 6.07) is 12.4. The largest absolute Gasteiger partial charge is 0.324 e. The first-order valence-corrected chi connectivity index (χ1v) is 11.4. The second kappa shape index (κ2) is 8.78. The predicted molar refractivity (Wildman–Crippen MR) is 116 cm³/mol. The molecule has 0 fully saturated rings. The lowest BCUT2D eigenvalue weighted by Crippen LogP contribution is -2.47. The number of anilines is 2. The maximum absolute atomic E-state index is 13.0. The Hall–Kier alpha value is -2.34. The van der Waals surface area contributed by atoms with E-state index in [1.807, 2.05) is 63.2 Å². The highest BCUT2D eigenvalue weighted by molar-refractivity contribution is 7.92. The lowest BCUT2D eigenvalue weighted by atomic mass is 10.0. The molecule has 0 saturated carbocycles. The minimum atomic E-state index is -3.65. The van der Waals surface area contributed by atoms with Crippen LogP contribution in [-0.4, -0.2) is 26.6 Å². The van der Waals surface area contributed by atoms with Crippen molar-refractivity contribution in [3.05, 3.63) is 59.2 Å². The molecule has 0 heterocycles. The van der Waals surface area contributed by atoms with E-state index in [-0.39, 0.29) is 5.91 Å². The summed E-state index contributed by atoms with van der Waals surface area (Å²) in [5.74, 6) is 0.0595. The van der Waals surface area contributed by atoms with Gasteiger partial charge in [-0.2, -0.15) is 0 Å². The third-order valence-corrected chi connectivity index (χ3v) is 5.94. The summed E-state index contributed by atoms with van der Waals surface area (Å²) in [4.78, 5) is 13.0. The third-order valence-electron chi connectivity index (χ3n) is 4.78. The first kappa shape index (κ1) is 22.0. The molecule has 152 valence electrons. The van der Waals surface area contributed by atoms with Gasteiger partial charge in [-0.15, -0.1) is 0 Å². The lowest BCUT2D eigenvalue weighted by Gasteiger charge is -2.31. The monoisotopic (exact) mass is 402 g/mol. The summed E-state index contributed by atoms with van der Waals surface area (Å²) in [6.07, 6.45) is 1.50. The van der Waals surface area contributed by atoms with Crippen molar-refractivity contribution < 1.29 is 13.2 Å². The molecule has 1 amide bonds. The maximum atomic E-state index is 13.0. The number of aryl methyl sites for hydroxylation is 2. The molecule has 1 atom stereocenters. The highest BCUT2D eigenvalue weighted by Gasteiger charge is 2.32. The molecule has 2 rings (SSSR count). The van der Waals surface area contributed by atoms with Crippen molar-refractivity contribution in [3.8, 4) is 0 Å². The first-order valence-electron chi connectivity index (χ1n) is 9.52. The minimum absolute atomic E-state index is 0.342. The number of hydrogen-bond donors (Lipinski definition) is 1. The Balaban J connectivity index is 2.38. The maximum Gasteiger partial charge on any atom is 0.248 e. The Labute approximate surface area is 168 Å².